The van der Waals surface area contributed by atoms with E-state index in [2.05, 4.69) is 22.6 Å². The zero-order chi connectivity index (χ0) is 29.7. The van der Waals surface area contributed by atoms with Gasteiger partial charge < -0.3 is 20.0 Å². The summed E-state index contributed by atoms with van der Waals surface area (Å²) in [5, 5.41) is 19.6. The van der Waals surface area contributed by atoms with Crippen molar-refractivity contribution in [3.05, 3.63) is 27.1 Å². The van der Waals surface area contributed by atoms with Crippen LogP contribution in [0, 0.1) is 37.1 Å². The number of carboxylic acids is 2. The molecule has 2 N–H and O–H groups in total. The highest BCUT2D eigenvalue weighted by Crippen LogP contribution is 2.57. The second-order valence-electron chi connectivity index (χ2n) is 13.1. The molecule has 4 atom stereocenters. The molecule has 0 radical (unpaired) electrons. The molecular formula is C29H42IN3O6. The first-order valence-corrected chi connectivity index (χ1v) is 14.5. The van der Waals surface area contributed by atoms with Gasteiger partial charge in [0.15, 0.2) is 0 Å². The lowest BCUT2D eigenvalue weighted by molar-refractivity contribution is -0.157. The molecule has 3 rings (SSSR count). The van der Waals surface area contributed by atoms with Crippen LogP contribution in [0.2, 0.25) is 0 Å². The third-order valence-electron chi connectivity index (χ3n) is 10.4. The maximum atomic E-state index is 13.4. The molecule has 1 heterocycles. The van der Waals surface area contributed by atoms with Crippen molar-refractivity contribution in [2.45, 2.75) is 80.3 Å². The SMILES string of the molecule is CN(Cc1cc([131I])cc(CN(C)C(=O)C2CCC(C)(C(=O)O)C2(C)C)n1)C(=O)C1CCC(C)(C(=O)O)C1(C)C. The summed E-state index contributed by atoms with van der Waals surface area (Å²) in [6.07, 6.45) is 1.95. The zero-order valence-corrected chi connectivity index (χ0v) is 26.5. The average Bonchev–Trinajstić information content (AvgIpc) is 3.21. The second-order valence-corrected chi connectivity index (χ2v) is 14.3. The van der Waals surface area contributed by atoms with Crippen molar-refractivity contribution in [3.8, 4) is 0 Å². The maximum Gasteiger partial charge on any atom is 0.309 e. The number of pyridine rings is 1. The highest BCUT2D eigenvalue weighted by Gasteiger charge is 2.59. The van der Waals surface area contributed by atoms with Crippen molar-refractivity contribution < 1.29 is 29.4 Å². The van der Waals surface area contributed by atoms with Crippen molar-refractivity contribution in [2.24, 2.45) is 33.5 Å². The molecule has 2 aliphatic carbocycles. The number of carboxylic acid groups (broad SMARTS) is 2. The highest BCUT2D eigenvalue weighted by molar-refractivity contribution is 14.1. The van der Waals surface area contributed by atoms with Gasteiger partial charge in [-0.25, -0.2) is 0 Å². The molecule has 2 saturated carbocycles. The van der Waals surface area contributed by atoms with Crippen molar-refractivity contribution >= 4 is 46.3 Å². The lowest BCUT2D eigenvalue weighted by Crippen LogP contribution is -2.45. The molecule has 1 aromatic heterocycles. The Morgan fingerprint density at radius 3 is 1.41 bits per heavy atom. The number of hydrogen-bond acceptors (Lipinski definition) is 5. The van der Waals surface area contributed by atoms with Crippen LogP contribution in [0.25, 0.3) is 0 Å². The third kappa shape index (κ3) is 5.29. The Kier molecular flexibility index (Phi) is 8.53. The van der Waals surface area contributed by atoms with Gasteiger partial charge in [0.1, 0.15) is 0 Å². The van der Waals surface area contributed by atoms with E-state index in [1.165, 1.54) is 0 Å². The largest absolute Gasteiger partial charge is 0.481 e. The number of rotatable bonds is 8. The van der Waals surface area contributed by atoms with E-state index >= 15 is 0 Å². The predicted molar refractivity (Wildman–Crippen MR) is 154 cm³/mol. The van der Waals surface area contributed by atoms with Gasteiger partial charge in [-0.2, -0.15) is 0 Å². The maximum absolute atomic E-state index is 13.4. The van der Waals surface area contributed by atoms with E-state index in [1.807, 2.05) is 39.8 Å². The van der Waals surface area contributed by atoms with Crippen LogP contribution in [0.5, 0.6) is 0 Å². The Balaban J connectivity index is 1.73. The molecule has 0 aromatic carbocycles. The summed E-state index contributed by atoms with van der Waals surface area (Å²) in [7, 11) is 3.43. The fourth-order valence-electron chi connectivity index (χ4n) is 6.58. The van der Waals surface area contributed by atoms with Crippen molar-refractivity contribution in [2.75, 3.05) is 14.1 Å². The third-order valence-corrected chi connectivity index (χ3v) is 11.1. The van der Waals surface area contributed by atoms with Gasteiger partial charge in [0.05, 0.1) is 35.3 Å². The van der Waals surface area contributed by atoms with E-state index < -0.39 is 45.4 Å². The van der Waals surface area contributed by atoms with Gasteiger partial charge >= 0.3 is 11.9 Å². The smallest absolute Gasteiger partial charge is 0.309 e. The number of amides is 2. The molecule has 39 heavy (non-hydrogen) atoms. The first kappa shape index (κ1) is 31.3. The van der Waals surface area contributed by atoms with Crippen LogP contribution < -0.4 is 0 Å². The Bertz CT molecular complexity index is 1100. The number of carbonyl (C=O) groups is 4. The molecular weight excluding hydrogens is 617 g/mol. The second kappa shape index (κ2) is 10.6. The number of hydrogen-bond donors (Lipinski definition) is 2. The first-order chi connectivity index (χ1) is 17.8. The van der Waals surface area contributed by atoms with Crippen LogP contribution >= 0.6 is 22.6 Å². The molecule has 2 amide bonds. The van der Waals surface area contributed by atoms with E-state index in [4.69, 9.17) is 4.98 Å². The lowest BCUT2D eigenvalue weighted by atomic mass is 9.65. The van der Waals surface area contributed by atoms with Gasteiger partial charge in [-0.1, -0.05) is 27.7 Å². The van der Waals surface area contributed by atoms with Crippen LogP contribution in [0.1, 0.15) is 78.6 Å². The molecule has 2 aliphatic rings. The molecule has 2 fully saturated rings. The molecule has 0 aliphatic heterocycles. The van der Waals surface area contributed by atoms with E-state index in [9.17, 15) is 29.4 Å². The number of nitrogens with zero attached hydrogens (tertiary/aromatic N) is 3. The molecule has 4 unspecified atom stereocenters. The van der Waals surface area contributed by atoms with Crippen LogP contribution in [0.4, 0.5) is 0 Å². The van der Waals surface area contributed by atoms with Crippen LogP contribution in [0.3, 0.4) is 0 Å². The van der Waals surface area contributed by atoms with E-state index in [-0.39, 0.29) is 24.9 Å². The molecule has 1 aromatic rings. The highest BCUT2D eigenvalue weighted by atomic mass is 131. The topological polar surface area (TPSA) is 128 Å². The number of halogens is 1. The summed E-state index contributed by atoms with van der Waals surface area (Å²) >= 11 is 2.19. The summed E-state index contributed by atoms with van der Waals surface area (Å²) in [6, 6.07) is 3.80. The standard InChI is InChI=1S/C29H42IN3O6/c1-26(2)20(9-11-28(26,5)24(36)37)22(34)32(7)15-18-13-17(30)14-19(31-18)16-33(8)23(35)21-10-12-29(6,25(38)39)27(21,3)4/h13-14,20-21H,9-12,15-16H2,1-8H3,(H,36,37)(H,38,39)/i30+4. The molecule has 10 heteroatoms. The number of carbonyl (C=O) groups excluding carboxylic acids is 2. The van der Waals surface area contributed by atoms with Gasteiger partial charge in [-0.05, 0) is 85.1 Å². The Morgan fingerprint density at radius 1 is 0.795 bits per heavy atom. The fourth-order valence-corrected chi connectivity index (χ4v) is 7.29. The van der Waals surface area contributed by atoms with Crippen molar-refractivity contribution in [3.63, 3.8) is 0 Å². The molecule has 0 spiro atoms. The zero-order valence-electron chi connectivity index (χ0n) is 24.3. The molecule has 0 bridgehead atoms. The molecule has 0 saturated heterocycles. The fraction of sp³-hybridized carbons (Fsp3) is 0.690. The molecule has 216 valence electrons. The number of aliphatic carboxylic acids is 2. The minimum Gasteiger partial charge on any atom is -0.481 e. The minimum absolute atomic E-state index is 0.0931. The van der Waals surface area contributed by atoms with Crippen LogP contribution in [-0.2, 0) is 32.3 Å². The van der Waals surface area contributed by atoms with E-state index in [0.29, 0.717) is 37.1 Å². The monoisotopic (exact) mass is 659 g/mol. The van der Waals surface area contributed by atoms with Crippen molar-refractivity contribution in [1.29, 1.82) is 0 Å². The Hall–Kier alpha value is -2.24. The van der Waals surface area contributed by atoms with Crippen LogP contribution in [0.15, 0.2) is 12.1 Å². The van der Waals surface area contributed by atoms with Gasteiger partial charge in [0.25, 0.3) is 0 Å². The Labute approximate surface area is 244 Å². The summed E-state index contributed by atoms with van der Waals surface area (Å²) in [5.74, 6) is -2.74. The van der Waals surface area contributed by atoms with Crippen molar-refractivity contribution in [1.82, 2.24) is 14.8 Å². The number of aromatic nitrogens is 1. The van der Waals surface area contributed by atoms with Gasteiger partial charge in [0.2, 0.25) is 11.8 Å². The normalized spacial score (nSPS) is 29.2. The molecule has 9 nitrogen and oxygen atoms in total. The minimum atomic E-state index is -0.964. The first-order valence-electron chi connectivity index (χ1n) is 13.4. The summed E-state index contributed by atoms with van der Waals surface area (Å²) in [4.78, 5) is 58.8. The van der Waals surface area contributed by atoms with Gasteiger partial charge in [-0.15, -0.1) is 0 Å². The van der Waals surface area contributed by atoms with E-state index in [0.717, 1.165) is 3.57 Å². The quantitative estimate of drug-likeness (QED) is 0.389. The summed E-state index contributed by atoms with van der Waals surface area (Å²) in [5.41, 5.74) is -1.94. The lowest BCUT2D eigenvalue weighted by Gasteiger charge is -2.39. The predicted octanol–water partition coefficient (Wildman–Crippen LogP) is 4.66. The van der Waals surface area contributed by atoms with Gasteiger partial charge in [-0.3, -0.25) is 24.2 Å². The van der Waals surface area contributed by atoms with E-state index in [1.54, 1.807) is 37.7 Å². The Morgan fingerprint density at radius 2 is 1.13 bits per heavy atom. The van der Waals surface area contributed by atoms with Crippen LogP contribution in [-0.4, -0.2) is 62.8 Å². The summed E-state index contributed by atoms with van der Waals surface area (Å²) < 4.78 is 0.925. The van der Waals surface area contributed by atoms with Gasteiger partial charge in [0, 0.05) is 29.5 Å². The average molecular weight is 660 g/mol. The summed E-state index contributed by atoms with van der Waals surface area (Å²) in [6.45, 7) is 11.4.